The third-order valence-electron chi connectivity index (χ3n) is 4.09. The van der Waals surface area contributed by atoms with Gasteiger partial charge in [0.1, 0.15) is 10.7 Å². The third-order valence-corrected chi connectivity index (χ3v) is 4.44. The Bertz CT molecular complexity index is 768. The predicted octanol–water partition coefficient (Wildman–Crippen LogP) is 0.633. The lowest BCUT2D eigenvalue weighted by atomic mass is 9.80. The van der Waals surface area contributed by atoms with E-state index in [1.807, 2.05) is 0 Å². The van der Waals surface area contributed by atoms with Crippen molar-refractivity contribution < 1.29 is 29.5 Å². The fourth-order valence-electron chi connectivity index (χ4n) is 2.68. The van der Waals surface area contributed by atoms with E-state index in [1.54, 1.807) is 12.1 Å². The first-order valence-electron chi connectivity index (χ1n) is 8.52. The molecule has 0 saturated heterocycles. The minimum atomic E-state index is -1.66. The maximum atomic E-state index is 12.5. The van der Waals surface area contributed by atoms with Gasteiger partial charge in [-0.05, 0) is 30.4 Å². The molecule has 0 fully saturated rings. The highest BCUT2D eigenvalue weighted by Crippen LogP contribution is 2.25. The lowest BCUT2D eigenvalue weighted by Crippen LogP contribution is -2.33. The Kier molecular flexibility index (Phi) is 7.40. The minimum absolute atomic E-state index is 0.0582. The van der Waals surface area contributed by atoms with Crippen LogP contribution >= 0.6 is 11.6 Å². The fraction of sp³-hybridized carbons (Fsp3) is 0.353. The lowest BCUT2D eigenvalue weighted by molar-refractivity contribution is -0.138. The third kappa shape index (κ3) is 5.56. The van der Waals surface area contributed by atoms with Gasteiger partial charge < -0.3 is 20.5 Å². The van der Waals surface area contributed by atoms with Crippen molar-refractivity contribution in [1.29, 1.82) is 0 Å². The van der Waals surface area contributed by atoms with Gasteiger partial charge in [0, 0.05) is 18.7 Å². The van der Waals surface area contributed by atoms with Crippen LogP contribution in [0.1, 0.15) is 32.1 Å². The Balaban J connectivity index is 1.93. The zero-order valence-electron chi connectivity index (χ0n) is 14.5. The largest absolute Gasteiger partial charge is 0.488 e. The monoisotopic (exact) mass is 394 g/mol. The summed E-state index contributed by atoms with van der Waals surface area (Å²) in [6.45, 7) is 0.196. The number of carbonyl (C=O) groups excluding carboxylic acids is 2. The molecule has 0 aromatic heterocycles. The number of carboxylic acids is 1. The highest BCUT2D eigenvalue weighted by atomic mass is 35.5. The molecule has 1 heterocycles. The van der Waals surface area contributed by atoms with E-state index in [1.165, 1.54) is 12.1 Å². The molecule has 4 N–H and O–H groups in total. The van der Waals surface area contributed by atoms with Gasteiger partial charge in [-0.2, -0.15) is 0 Å². The molecule has 0 radical (unpaired) electrons. The van der Waals surface area contributed by atoms with E-state index >= 15 is 0 Å². The molecule has 8 nitrogen and oxygen atoms in total. The molecule has 2 rings (SSSR count). The van der Waals surface area contributed by atoms with Crippen molar-refractivity contribution in [2.75, 3.05) is 11.9 Å². The van der Waals surface area contributed by atoms with Crippen LogP contribution in [0.5, 0.6) is 0 Å². The number of amides is 2. The Morgan fingerprint density at radius 2 is 1.81 bits per heavy atom. The van der Waals surface area contributed by atoms with Crippen molar-refractivity contribution in [1.82, 2.24) is 4.90 Å². The number of halogens is 1. The minimum Gasteiger partial charge on any atom is -0.481 e. The summed E-state index contributed by atoms with van der Waals surface area (Å²) in [5.74, 6) is -1.98. The summed E-state index contributed by atoms with van der Waals surface area (Å²) in [7, 11) is -1.66. The number of carbonyl (C=O) groups is 3. The van der Waals surface area contributed by atoms with E-state index in [-0.39, 0.29) is 29.2 Å². The van der Waals surface area contributed by atoms with Crippen LogP contribution in [0.25, 0.3) is 0 Å². The van der Waals surface area contributed by atoms with Gasteiger partial charge in [0.2, 0.25) is 0 Å². The quantitative estimate of drug-likeness (QED) is 0.260. The molecule has 0 spiro atoms. The SMILES string of the molecule is O=C(O)CCCCCCN1C(=O)C(Cl)=C(Nc2cccc(B(O)O)c2)C1=O. The van der Waals surface area contributed by atoms with Crippen LogP contribution in [0.3, 0.4) is 0 Å². The van der Waals surface area contributed by atoms with Crippen molar-refractivity contribution in [2.45, 2.75) is 32.1 Å². The molecule has 2 amide bonds. The summed E-state index contributed by atoms with van der Waals surface area (Å²) in [6, 6.07) is 6.11. The summed E-state index contributed by atoms with van der Waals surface area (Å²) in [5.41, 5.74) is 0.564. The standard InChI is InChI=1S/C17H20BClN2O6/c19-14-15(20-12-7-5-6-11(10-12)18(26)27)17(25)21(16(14)24)9-4-2-1-3-8-13(22)23/h5-7,10,20,26-27H,1-4,8-9H2,(H,22,23). The highest BCUT2D eigenvalue weighted by molar-refractivity contribution is 6.58. The second-order valence-electron chi connectivity index (χ2n) is 6.13. The number of hydrogen-bond donors (Lipinski definition) is 4. The average Bonchev–Trinajstić information content (AvgIpc) is 2.82. The molecule has 0 saturated carbocycles. The number of imide groups is 1. The Hall–Kier alpha value is -2.36. The number of nitrogens with zero attached hydrogens (tertiary/aromatic N) is 1. The zero-order chi connectivity index (χ0) is 20.0. The topological polar surface area (TPSA) is 127 Å². The van der Waals surface area contributed by atoms with Crippen molar-refractivity contribution in [3.63, 3.8) is 0 Å². The molecule has 10 heteroatoms. The second-order valence-corrected chi connectivity index (χ2v) is 6.51. The number of nitrogens with one attached hydrogen (secondary N) is 1. The number of carboxylic acid groups (broad SMARTS) is 1. The van der Waals surface area contributed by atoms with Crippen LogP contribution in [0, 0.1) is 0 Å². The number of benzene rings is 1. The number of rotatable bonds is 10. The summed E-state index contributed by atoms with van der Waals surface area (Å²) < 4.78 is 0. The lowest BCUT2D eigenvalue weighted by Gasteiger charge is -2.15. The number of unbranched alkanes of at least 4 members (excludes halogenated alkanes) is 3. The summed E-state index contributed by atoms with van der Waals surface area (Å²) in [6.07, 6.45) is 2.60. The zero-order valence-corrected chi connectivity index (χ0v) is 15.3. The van der Waals surface area contributed by atoms with Gasteiger partial charge in [-0.15, -0.1) is 0 Å². The van der Waals surface area contributed by atoms with Crippen LogP contribution in [0.4, 0.5) is 5.69 Å². The van der Waals surface area contributed by atoms with Crippen LogP contribution in [0.2, 0.25) is 0 Å². The number of aliphatic carboxylic acids is 1. The average molecular weight is 395 g/mol. The second kappa shape index (κ2) is 9.54. The van der Waals surface area contributed by atoms with Gasteiger partial charge in [0.05, 0.1) is 0 Å². The molecule has 0 bridgehead atoms. The molecule has 1 aromatic rings. The molecular weight excluding hydrogens is 374 g/mol. The Morgan fingerprint density at radius 1 is 1.11 bits per heavy atom. The normalized spacial score (nSPS) is 14.1. The fourth-order valence-corrected chi connectivity index (χ4v) is 2.91. The Labute approximate surface area is 161 Å². The smallest absolute Gasteiger partial charge is 0.481 e. The molecule has 0 aliphatic carbocycles. The van der Waals surface area contributed by atoms with Crippen LogP contribution in [-0.2, 0) is 14.4 Å². The molecular formula is C17H20BClN2O6. The first-order valence-corrected chi connectivity index (χ1v) is 8.90. The number of anilines is 1. The van der Waals surface area contributed by atoms with Crippen molar-refractivity contribution in [3.05, 3.63) is 35.0 Å². The van der Waals surface area contributed by atoms with E-state index in [0.29, 0.717) is 31.4 Å². The van der Waals surface area contributed by atoms with E-state index in [4.69, 9.17) is 16.7 Å². The molecule has 0 atom stereocenters. The van der Waals surface area contributed by atoms with Crippen LogP contribution < -0.4 is 10.8 Å². The van der Waals surface area contributed by atoms with E-state index in [2.05, 4.69) is 5.32 Å². The highest BCUT2D eigenvalue weighted by Gasteiger charge is 2.37. The molecule has 1 aliphatic rings. The van der Waals surface area contributed by atoms with Gasteiger partial charge in [-0.3, -0.25) is 19.3 Å². The van der Waals surface area contributed by atoms with Crippen molar-refractivity contribution in [3.8, 4) is 0 Å². The van der Waals surface area contributed by atoms with Crippen molar-refractivity contribution in [2.24, 2.45) is 0 Å². The van der Waals surface area contributed by atoms with Crippen LogP contribution in [0.15, 0.2) is 35.0 Å². The van der Waals surface area contributed by atoms with Gasteiger partial charge in [-0.1, -0.05) is 36.6 Å². The molecule has 144 valence electrons. The van der Waals surface area contributed by atoms with E-state index in [9.17, 15) is 24.4 Å². The Morgan fingerprint density at radius 3 is 2.48 bits per heavy atom. The maximum Gasteiger partial charge on any atom is 0.488 e. The maximum absolute atomic E-state index is 12.5. The van der Waals surface area contributed by atoms with Crippen molar-refractivity contribution >= 4 is 47.7 Å². The molecule has 0 unspecified atom stereocenters. The predicted molar refractivity (Wildman–Crippen MR) is 100 cm³/mol. The van der Waals surface area contributed by atoms with Crippen LogP contribution in [-0.4, -0.2) is 51.5 Å². The molecule has 1 aliphatic heterocycles. The summed E-state index contributed by atoms with van der Waals surface area (Å²) in [5, 5.41) is 29.6. The van der Waals surface area contributed by atoms with E-state index < -0.39 is 24.9 Å². The number of hydrogen-bond acceptors (Lipinski definition) is 6. The van der Waals surface area contributed by atoms with Gasteiger partial charge in [0.15, 0.2) is 0 Å². The van der Waals surface area contributed by atoms with Gasteiger partial charge >= 0.3 is 13.1 Å². The summed E-state index contributed by atoms with van der Waals surface area (Å²) in [4.78, 5) is 36.2. The van der Waals surface area contributed by atoms with Gasteiger partial charge in [-0.25, -0.2) is 0 Å². The molecule has 1 aromatic carbocycles. The molecule has 27 heavy (non-hydrogen) atoms. The van der Waals surface area contributed by atoms with Gasteiger partial charge in [0.25, 0.3) is 11.8 Å². The first kappa shape index (κ1) is 21.0. The first-order chi connectivity index (χ1) is 12.8. The van der Waals surface area contributed by atoms with E-state index in [0.717, 1.165) is 4.90 Å². The summed E-state index contributed by atoms with van der Waals surface area (Å²) >= 11 is 6.01.